The van der Waals surface area contributed by atoms with Crippen LogP contribution in [0.25, 0.3) is 0 Å². The summed E-state index contributed by atoms with van der Waals surface area (Å²) in [5, 5.41) is 0.204. The van der Waals surface area contributed by atoms with Crippen LogP contribution in [-0.2, 0) is 0 Å². The van der Waals surface area contributed by atoms with Gasteiger partial charge in [0.2, 0.25) is 0 Å². The first-order chi connectivity index (χ1) is 5.22. The summed E-state index contributed by atoms with van der Waals surface area (Å²) in [7, 11) is 0. The van der Waals surface area contributed by atoms with Gasteiger partial charge in [0.25, 0.3) is 0 Å². The highest BCUT2D eigenvalue weighted by molar-refractivity contribution is 7.81. The maximum Gasteiger partial charge on any atom is 0.0643 e. The third-order valence-corrected chi connectivity index (χ3v) is 3.29. The van der Waals surface area contributed by atoms with Crippen LogP contribution in [0.5, 0.6) is 0 Å². The van der Waals surface area contributed by atoms with Gasteiger partial charge in [0.1, 0.15) is 0 Å². The Hall–Kier alpha value is 0.270. The number of thiol groups is 1. The van der Waals surface area contributed by atoms with Crippen molar-refractivity contribution in [2.24, 2.45) is 17.4 Å². The molecule has 0 bridgehead atoms. The summed E-state index contributed by atoms with van der Waals surface area (Å²) < 4.78 is 0. The predicted octanol–water partition coefficient (Wildman–Crippen LogP) is 1.11. The zero-order valence-electron chi connectivity index (χ0n) is 6.87. The van der Waals surface area contributed by atoms with Crippen molar-refractivity contribution in [3.05, 3.63) is 0 Å². The molecule has 11 heavy (non-hydrogen) atoms. The van der Waals surface area contributed by atoms with Crippen LogP contribution in [0.1, 0.15) is 32.1 Å². The van der Waals surface area contributed by atoms with Crippen LogP contribution >= 0.6 is 12.6 Å². The van der Waals surface area contributed by atoms with Crippen LogP contribution in [0.15, 0.2) is 0 Å². The summed E-state index contributed by atoms with van der Waals surface area (Å²) in [4.78, 5) is 0. The lowest BCUT2D eigenvalue weighted by molar-refractivity contribution is 0.330. The average Bonchev–Trinajstić information content (AvgIpc) is 2.05. The second kappa shape index (κ2) is 4.33. The number of nitrogens with two attached hydrogens (primary N) is 2. The summed E-state index contributed by atoms with van der Waals surface area (Å²) in [6, 6.07) is 0. The van der Waals surface area contributed by atoms with E-state index in [1.165, 1.54) is 32.1 Å². The summed E-state index contributed by atoms with van der Waals surface area (Å²) in [6.07, 6.45) is 6.30. The van der Waals surface area contributed by atoms with Crippen LogP contribution in [-0.4, -0.2) is 11.4 Å². The Kier molecular flexibility index (Phi) is 3.69. The van der Waals surface area contributed by atoms with Crippen molar-refractivity contribution in [1.29, 1.82) is 0 Å². The van der Waals surface area contributed by atoms with E-state index in [1.54, 1.807) is 0 Å². The molecule has 3 heteroatoms. The largest absolute Gasteiger partial charge is 0.315 e. The van der Waals surface area contributed by atoms with E-state index in [-0.39, 0.29) is 11.4 Å². The van der Waals surface area contributed by atoms with E-state index in [9.17, 15) is 0 Å². The summed E-state index contributed by atoms with van der Waals surface area (Å²) in [5.74, 6) is 0.659. The van der Waals surface area contributed by atoms with Crippen LogP contribution in [0, 0.1) is 5.92 Å². The Morgan fingerprint density at radius 1 is 1.09 bits per heavy atom. The van der Waals surface area contributed by atoms with Gasteiger partial charge in [-0.3, -0.25) is 0 Å². The molecule has 1 atom stereocenters. The maximum atomic E-state index is 5.57. The molecule has 0 aromatic rings. The van der Waals surface area contributed by atoms with Gasteiger partial charge in [-0.1, -0.05) is 19.3 Å². The first-order valence-corrected chi connectivity index (χ1v) is 4.92. The molecule has 1 unspecified atom stereocenters. The van der Waals surface area contributed by atoms with Gasteiger partial charge in [-0.25, -0.2) is 0 Å². The molecule has 2 nitrogen and oxygen atoms in total. The first kappa shape index (κ1) is 9.36. The van der Waals surface area contributed by atoms with Crippen molar-refractivity contribution >= 4 is 12.6 Å². The van der Waals surface area contributed by atoms with Gasteiger partial charge in [-0.2, -0.15) is 12.6 Å². The van der Waals surface area contributed by atoms with Gasteiger partial charge in [0, 0.05) is 5.25 Å². The van der Waals surface area contributed by atoms with E-state index in [0.717, 1.165) is 0 Å². The molecule has 0 amide bonds. The molecule has 66 valence electrons. The lowest BCUT2D eigenvalue weighted by atomic mass is 9.86. The van der Waals surface area contributed by atoms with Gasteiger partial charge < -0.3 is 11.5 Å². The Labute approximate surface area is 74.1 Å². The Morgan fingerprint density at radius 3 is 2.09 bits per heavy atom. The molecule has 4 N–H and O–H groups in total. The summed E-state index contributed by atoms with van der Waals surface area (Å²) >= 11 is 4.42. The molecule has 0 aromatic heterocycles. The quantitative estimate of drug-likeness (QED) is 0.434. The summed E-state index contributed by atoms with van der Waals surface area (Å²) in [5.41, 5.74) is 11.1. The minimum Gasteiger partial charge on any atom is -0.315 e. The second-order valence-electron chi connectivity index (χ2n) is 3.47. The predicted molar refractivity (Wildman–Crippen MR) is 51.5 cm³/mol. The monoisotopic (exact) mass is 174 g/mol. The van der Waals surface area contributed by atoms with Gasteiger partial charge in [0.15, 0.2) is 0 Å². The van der Waals surface area contributed by atoms with Crippen LogP contribution < -0.4 is 11.5 Å². The van der Waals surface area contributed by atoms with Crippen LogP contribution in [0.2, 0.25) is 0 Å². The second-order valence-corrected chi connectivity index (χ2v) is 4.06. The molecule has 1 fully saturated rings. The standard InChI is InChI=1S/C8H18N2S/c9-8(10)7(11)6-4-2-1-3-5-6/h6-8,11H,1-5,9-10H2. The zero-order valence-corrected chi connectivity index (χ0v) is 7.76. The minimum absolute atomic E-state index is 0.204. The summed E-state index contributed by atoms with van der Waals surface area (Å²) in [6.45, 7) is 0. The number of hydrogen-bond donors (Lipinski definition) is 3. The molecule has 0 aromatic carbocycles. The fourth-order valence-electron chi connectivity index (χ4n) is 1.79. The first-order valence-electron chi connectivity index (χ1n) is 4.41. The molecule has 1 saturated carbocycles. The van der Waals surface area contributed by atoms with Crippen molar-refractivity contribution in [2.45, 2.75) is 43.5 Å². The van der Waals surface area contributed by atoms with E-state index < -0.39 is 0 Å². The molecular weight excluding hydrogens is 156 g/mol. The van der Waals surface area contributed by atoms with E-state index >= 15 is 0 Å². The normalized spacial score (nSPS) is 24.0. The highest BCUT2D eigenvalue weighted by atomic mass is 32.1. The van der Waals surface area contributed by atoms with Gasteiger partial charge in [-0.15, -0.1) is 0 Å². The topological polar surface area (TPSA) is 52.0 Å². The fraction of sp³-hybridized carbons (Fsp3) is 1.00. The molecule has 0 aliphatic heterocycles. The smallest absolute Gasteiger partial charge is 0.0643 e. The SMILES string of the molecule is NC(N)C(S)C1CCCCC1. The van der Waals surface area contributed by atoms with E-state index in [0.29, 0.717) is 5.92 Å². The van der Waals surface area contributed by atoms with Crippen LogP contribution in [0.3, 0.4) is 0 Å². The average molecular weight is 174 g/mol. The zero-order chi connectivity index (χ0) is 8.27. The molecule has 0 radical (unpaired) electrons. The van der Waals surface area contributed by atoms with Crippen molar-refractivity contribution in [3.8, 4) is 0 Å². The lowest BCUT2D eigenvalue weighted by Crippen LogP contribution is -2.44. The van der Waals surface area contributed by atoms with Crippen molar-refractivity contribution in [2.75, 3.05) is 0 Å². The maximum absolute atomic E-state index is 5.57. The van der Waals surface area contributed by atoms with E-state index in [2.05, 4.69) is 12.6 Å². The van der Waals surface area contributed by atoms with Crippen molar-refractivity contribution in [3.63, 3.8) is 0 Å². The molecule has 1 rings (SSSR count). The van der Waals surface area contributed by atoms with Gasteiger partial charge in [-0.05, 0) is 18.8 Å². The molecule has 0 heterocycles. The highest BCUT2D eigenvalue weighted by Gasteiger charge is 2.23. The molecular formula is C8H18N2S. The van der Waals surface area contributed by atoms with Gasteiger partial charge in [0.05, 0.1) is 6.17 Å². The Bertz CT molecular complexity index is 111. The highest BCUT2D eigenvalue weighted by Crippen LogP contribution is 2.29. The Morgan fingerprint density at radius 2 is 1.64 bits per heavy atom. The van der Waals surface area contributed by atoms with Gasteiger partial charge >= 0.3 is 0 Å². The molecule has 1 aliphatic rings. The van der Waals surface area contributed by atoms with Crippen molar-refractivity contribution < 1.29 is 0 Å². The van der Waals surface area contributed by atoms with Crippen LogP contribution in [0.4, 0.5) is 0 Å². The number of rotatable bonds is 2. The molecule has 1 aliphatic carbocycles. The molecule has 0 saturated heterocycles. The Balaban J connectivity index is 2.32. The fourth-order valence-corrected chi connectivity index (χ4v) is 2.09. The van der Waals surface area contributed by atoms with Crippen molar-refractivity contribution in [1.82, 2.24) is 0 Å². The third-order valence-electron chi connectivity index (χ3n) is 2.53. The number of hydrogen-bond acceptors (Lipinski definition) is 3. The van der Waals surface area contributed by atoms with E-state index in [1.807, 2.05) is 0 Å². The molecule has 0 spiro atoms. The minimum atomic E-state index is -0.249. The third kappa shape index (κ3) is 2.65. The lowest BCUT2D eigenvalue weighted by Gasteiger charge is -2.28. The van der Waals surface area contributed by atoms with E-state index in [4.69, 9.17) is 11.5 Å².